The lowest BCUT2D eigenvalue weighted by Gasteiger charge is -2.33. The molecule has 4 heteroatoms. The molecule has 0 saturated heterocycles. The van der Waals surface area contributed by atoms with Gasteiger partial charge in [0.1, 0.15) is 0 Å². The molecule has 2 aliphatic carbocycles. The Morgan fingerprint density at radius 1 is 0.461 bits per heavy atom. The number of para-hydroxylation sites is 1. The van der Waals surface area contributed by atoms with E-state index in [1.165, 1.54) is 59.5 Å². The van der Waals surface area contributed by atoms with Crippen LogP contribution < -0.4 is 4.90 Å². The summed E-state index contributed by atoms with van der Waals surface area (Å²) in [5, 5.41) is 1.08. The van der Waals surface area contributed by atoms with Gasteiger partial charge in [-0.05, 0) is 171 Å². The highest BCUT2D eigenvalue weighted by Crippen LogP contribution is 2.41. The number of allylic oxidation sites excluding steroid dienone is 9. The van der Waals surface area contributed by atoms with E-state index >= 15 is 0 Å². The third-order valence-corrected chi connectivity index (χ3v) is 16.9. The molecule has 0 N–H and O–H groups in total. The van der Waals surface area contributed by atoms with Crippen LogP contribution in [0.2, 0.25) is 0 Å². The van der Waals surface area contributed by atoms with Gasteiger partial charge in [-0.15, -0.1) is 22.7 Å². The number of fused-ring (bicyclic) bond motifs is 2. The van der Waals surface area contributed by atoms with E-state index in [-0.39, 0.29) is 0 Å². The fourth-order valence-corrected chi connectivity index (χ4v) is 12.5. The van der Waals surface area contributed by atoms with Crippen molar-refractivity contribution >= 4 is 56.2 Å². The van der Waals surface area contributed by atoms with E-state index in [1.807, 2.05) is 22.7 Å². The second-order valence-corrected chi connectivity index (χ2v) is 21.5. The van der Waals surface area contributed by atoms with E-state index < -0.39 is 0 Å². The van der Waals surface area contributed by atoms with E-state index in [1.54, 1.807) is 0 Å². The molecular weight excluding hydrogens is 957 g/mol. The number of rotatable bonds is 13. The van der Waals surface area contributed by atoms with Gasteiger partial charge in [0.15, 0.2) is 0 Å². The van der Waals surface area contributed by atoms with Gasteiger partial charge in [0.25, 0.3) is 0 Å². The minimum atomic E-state index is 0.553. The molecule has 0 bridgehead atoms. The topological polar surface area (TPSA) is 8.17 Å². The van der Waals surface area contributed by atoms with Gasteiger partial charge in [-0.1, -0.05) is 201 Å². The van der Waals surface area contributed by atoms with Crippen LogP contribution in [0, 0.1) is 5.92 Å². The summed E-state index contributed by atoms with van der Waals surface area (Å²) in [5.41, 5.74) is 18.2. The van der Waals surface area contributed by atoms with Crippen molar-refractivity contribution < 1.29 is 0 Å². The van der Waals surface area contributed by atoms with Crippen molar-refractivity contribution in [1.82, 2.24) is 4.57 Å². The van der Waals surface area contributed by atoms with Gasteiger partial charge < -0.3 is 9.47 Å². The maximum atomic E-state index is 4.66. The molecule has 3 heterocycles. The van der Waals surface area contributed by atoms with Crippen molar-refractivity contribution in [3.8, 4) is 64.0 Å². The van der Waals surface area contributed by atoms with Gasteiger partial charge in [-0.2, -0.15) is 0 Å². The molecule has 2 aliphatic rings. The molecule has 0 spiro atoms. The van der Waals surface area contributed by atoms with Crippen LogP contribution >= 0.6 is 22.7 Å². The Morgan fingerprint density at radius 2 is 0.961 bits per heavy atom. The monoisotopic (exact) mass is 1010 g/mol. The number of benzene rings is 7. The molecule has 3 aromatic heterocycles. The zero-order valence-electron chi connectivity index (χ0n) is 42.3. The average Bonchev–Trinajstić information content (AvgIpc) is 4.23. The standard InChI is InChI=1S/C72H56N2S2/c1-51(53-39-42-65(43-40-53)74(64-23-10-5-11-24-64)68-26-14-21-57-16-12-13-25-66(57)68)27-28-52(2)73-49-15-22-54(55-29-34-60(35-30-55)71-47-45-69(75-71)58-17-6-3-7-18-58)33-38-63-50-62(41-44-67(63)73)56-31-36-61(37-32-56)72-48-46-70(76-72)59-19-8-4-9-20-59/h3-11,13-15,17-20,22-50,57H,1-2,12,16,21H2/b28-27-,38-33?,49-15?,54-22?. The second kappa shape index (κ2) is 22.0. The molecule has 12 rings (SSSR count). The molecule has 0 fully saturated rings. The Labute approximate surface area is 455 Å². The zero-order chi connectivity index (χ0) is 51.2. The highest BCUT2D eigenvalue weighted by molar-refractivity contribution is 7.19. The van der Waals surface area contributed by atoms with Crippen molar-refractivity contribution in [3.63, 3.8) is 0 Å². The van der Waals surface area contributed by atoms with Gasteiger partial charge in [-0.25, -0.2) is 0 Å². The van der Waals surface area contributed by atoms with Crippen molar-refractivity contribution in [1.29, 1.82) is 0 Å². The molecule has 0 amide bonds. The molecular formula is C72H56N2S2. The first-order chi connectivity index (χ1) is 37.5. The molecule has 0 aliphatic heterocycles. The Kier molecular flexibility index (Phi) is 13.9. The number of hydrogen-bond acceptors (Lipinski definition) is 3. The van der Waals surface area contributed by atoms with Crippen molar-refractivity contribution in [2.75, 3.05) is 4.90 Å². The lowest BCUT2D eigenvalue weighted by atomic mass is 9.82. The summed E-state index contributed by atoms with van der Waals surface area (Å²) >= 11 is 3.65. The van der Waals surface area contributed by atoms with Crippen LogP contribution in [0.3, 0.4) is 0 Å². The zero-order valence-corrected chi connectivity index (χ0v) is 43.9. The summed E-state index contributed by atoms with van der Waals surface area (Å²) in [7, 11) is 0. The first-order valence-electron chi connectivity index (χ1n) is 26.1. The van der Waals surface area contributed by atoms with Crippen molar-refractivity contribution in [3.05, 3.63) is 303 Å². The van der Waals surface area contributed by atoms with Crippen LogP contribution in [0.1, 0.15) is 24.8 Å². The van der Waals surface area contributed by atoms with Crippen molar-refractivity contribution in [2.45, 2.75) is 19.3 Å². The van der Waals surface area contributed by atoms with E-state index in [4.69, 9.17) is 0 Å². The fraction of sp³-hybridized carbons (Fsp3) is 0.0556. The summed E-state index contributed by atoms with van der Waals surface area (Å²) in [5.74, 6) is 0.553. The average molecular weight is 1010 g/mol. The molecule has 1 atom stereocenters. The normalized spacial score (nSPS) is 13.9. The Balaban J connectivity index is 0.855. The summed E-state index contributed by atoms with van der Waals surface area (Å²) in [6.45, 7) is 9.21. The predicted molar refractivity (Wildman–Crippen MR) is 329 cm³/mol. The first-order valence-corrected chi connectivity index (χ1v) is 27.7. The van der Waals surface area contributed by atoms with Gasteiger partial charge in [0.2, 0.25) is 0 Å². The van der Waals surface area contributed by atoms with Crippen LogP contribution in [-0.2, 0) is 0 Å². The fourth-order valence-electron chi connectivity index (χ4n) is 10.4. The highest BCUT2D eigenvalue weighted by Gasteiger charge is 2.25. The molecule has 366 valence electrons. The van der Waals surface area contributed by atoms with Gasteiger partial charge >= 0.3 is 0 Å². The maximum absolute atomic E-state index is 4.66. The third kappa shape index (κ3) is 10.3. The lowest BCUT2D eigenvalue weighted by Crippen LogP contribution is -2.22. The molecule has 0 radical (unpaired) electrons. The lowest BCUT2D eigenvalue weighted by molar-refractivity contribution is 0.559. The van der Waals surface area contributed by atoms with Crippen LogP contribution in [0.15, 0.2) is 298 Å². The van der Waals surface area contributed by atoms with Crippen LogP contribution in [0.4, 0.5) is 11.4 Å². The summed E-state index contributed by atoms with van der Waals surface area (Å²) in [6.07, 6.45) is 19.0. The molecule has 7 aromatic carbocycles. The number of aromatic nitrogens is 1. The Bertz CT molecular complexity index is 3900. The largest absolute Gasteiger partial charge is 0.317 e. The molecule has 0 saturated carbocycles. The number of hydrogen-bond donors (Lipinski definition) is 0. The van der Waals surface area contributed by atoms with Crippen molar-refractivity contribution in [2.24, 2.45) is 5.92 Å². The second-order valence-electron chi connectivity index (χ2n) is 19.4. The highest BCUT2D eigenvalue weighted by atomic mass is 32.1. The number of nitrogens with zero attached hydrogens (tertiary/aromatic N) is 2. The molecule has 2 nitrogen and oxygen atoms in total. The summed E-state index contributed by atoms with van der Waals surface area (Å²) in [4.78, 5) is 7.45. The van der Waals surface area contributed by atoms with E-state index in [2.05, 4.69) is 296 Å². The number of anilines is 2. The minimum Gasteiger partial charge on any atom is -0.317 e. The smallest absolute Gasteiger partial charge is 0.0528 e. The third-order valence-electron chi connectivity index (χ3n) is 14.5. The Morgan fingerprint density at radius 3 is 1.58 bits per heavy atom. The SMILES string of the molecule is C=C(/C=C\C(=C)n1cccc(-c2ccc(-c3ccc(-c4ccccc4)s3)cc2)ccc2cc(-c3ccc(-c4ccc(-c5ccccc5)s4)cc3)ccc21)c1ccc(N(C2=C3C=CCCC3CC=C2)c2ccccc2)cc1. The van der Waals surface area contributed by atoms with Gasteiger partial charge in [-0.3, -0.25) is 0 Å². The summed E-state index contributed by atoms with van der Waals surface area (Å²) in [6, 6.07) is 83.1. The van der Waals surface area contributed by atoms with Gasteiger partial charge in [0.05, 0.1) is 5.52 Å². The quantitative estimate of drug-likeness (QED) is 0.105. The summed E-state index contributed by atoms with van der Waals surface area (Å²) < 4.78 is 2.18. The number of thiophene rings is 2. The molecule has 76 heavy (non-hydrogen) atoms. The van der Waals surface area contributed by atoms with Crippen LogP contribution in [0.5, 0.6) is 0 Å². The minimum absolute atomic E-state index is 0.553. The first kappa shape index (κ1) is 48.2. The van der Waals surface area contributed by atoms with E-state index in [0.717, 1.165) is 74.2 Å². The maximum Gasteiger partial charge on any atom is 0.0528 e. The van der Waals surface area contributed by atoms with Crippen LogP contribution in [0.25, 0.3) is 86.2 Å². The molecule has 1 unspecified atom stereocenters. The van der Waals surface area contributed by atoms with Crippen LogP contribution in [-0.4, -0.2) is 4.57 Å². The predicted octanol–water partition coefficient (Wildman–Crippen LogP) is 20.9. The molecule has 10 aromatic rings. The Hall–Kier alpha value is -8.80. The van der Waals surface area contributed by atoms with E-state index in [9.17, 15) is 0 Å². The van der Waals surface area contributed by atoms with E-state index in [0.29, 0.717) is 5.92 Å². The van der Waals surface area contributed by atoms with Gasteiger partial charge in [0, 0.05) is 48.5 Å².